The second-order valence-electron chi connectivity index (χ2n) is 5.19. The van der Waals surface area contributed by atoms with E-state index in [1.165, 1.54) is 0 Å². The van der Waals surface area contributed by atoms with E-state index in [1.54, 1.807) is 0 Å². The van der Waals surface area contributed by atoms with Crippen LogP contribution < -0.4 is 0 Å². The first-order valence-corrected chi connectivity index (χ1v) is 6.76. The van der Waals surface area contributed by atoms with Gasteiger partial charge < -0.3 is 4.74 Å². The van der Waals surface area contributed by atoms with E-state index in [4.69, 9.17) is 16.3 Å². The van der Waals surface area contributed by atoms with E-state index in [0.29, 0.717) is 11.5 Å². The number of hydrogen-bond donors (Lipinski definition) is 0. The predicted octanol–water partition coefficient (Wildman–Crippen LogP) is 4.24. The van der Waals surface area contributed by atoms with E-state index in [9.17, 15) is 0 Å². The third kappa shape index (κ3) is 2.68. The van der Waals surface area contributed by atoms with Gasteiger partial charge in [-0.15, -0.1) is 11.6 Å². The van der Waals surface area contributed by atoms with Crippen molar-refractivity contribution in [2.75, 3.05) is 6.61 Å². The van der Waals surface area contributed by atoms with Gasteiger partial charge in [0.1, 0.15) is 0 Å². The molecule has 1 saturated carbocycles. The topological polar surface area (TPSA) is 9.23 Å². The molecule has 2 atom stereocenters. The largest absolute Gasteiger partial charge is 0.378 e. The van der Waals surface area contributed by atoms with E-state index in [0.717, 1.165) is 38.2 Å². The molecular formula is C13H25ClO. The van der Waals surface area contributed by atoms with Crippen molar-refractivity contribution < 1.29 is 4.74 Å². The zero-order valence-corrected chi connectivity index (χ0v) is 11.3. The van der Waals surface area contributed by atoms with Gasteiger partial charge in [-0.05, 0) is 31.6 Å². The van der Waals surface area contributed by atoms with E-state index in [-0.39, 0.29) is 5.41 Å². The average Bonchev–Trinajstić information content (AvgIpc) is 2.18. The third-order valence-corrected chi connectivity index (χ3v) is 4.63. The lowest BCUT2D eigenvalue weighted by molar-refractivity contribution is -0.113. The monoisotopic (exact) mass is 232 g/mol. The summed E-state index contributed by atoms with van der Waals surface area (Å²) < 4.78 is 5.97. The van der Waals surface area contributed by atoms with Crippen LogP contribution in [0.5, 0.6) is 0 Å². The molecule has 0 saturated heterocycles. The maximum atomic E-state index is 6.33. The summed E-state index contributed by atoms with van der Waals surface area (Å²) in [6.45, 7) is 9.84. The Balaban J connectivity index is 2.36. The molecule has 0 spiro atoms. The Morgan fingerprint density at radius 2 is 1.93 bits per heavy atom. The molecule has 15 heavy (non-hydrogen) atoms. The molecule has 0 bridgehead atoms. The Labute approximate surface area is 99.5 Å². The van der Waals surface area contributed by atoms with Gasteiger partial charge in [0.05, 0.1) is 6.10 Å². The molecule has 0 aromatic heterocycles. The molecule has 1 fully saturated rings. The van der Waals surface area contributed by atoms with Gasteiger partial charge in [-0.3, -0.25) is 0 Å². The second kappa shape index (κ2) is 5.54. The highest BCUT2D eigenvalue weighted by molar-refractivity contribution is 6.21. The number of ether oxygens (including phenoxy) is 1. The van der Waals surface area contributed by atoms with Crippen LogP contribution in [0.2, 0.25) is 0 Å². The van der Waals surface area contributed by atoms with Crippen LogP contribution in [-0.4, -0.2) is 18.1 Å². The van der Waals surface area contributed by atoms with Crippen LogP contribution >= 0.6 is 11.6 Å². The van der Waals surface area contributed by atoms with Gasteiger partial charge in [0.25, 0.3) is 0 Å². The average molecular weight is 233 g/mol. The van der Waals surface area contributed by atoms with Crippen molar-refractivity contribution in [2.45, 2.75) is 64.9 Å². The van der Waals surface area contributed by atoms with Crippen molar-refractivity contribution in [2.24, 2.45) is 11.3 Å². The van der Waals surface area contributed by atoms with Crippen molar-refractivity contribution in [3.05, 3.63) is 0 Å². The molecule has 0 aromatic carbocycles. The van der Waals surface area contributed by atoms with Gasteiger partial charge in [-0.1, -0.05) is 27.7 Å². The highest BCUT2D eigenvalue weighted by Crippen LogP contribution is 2.51. The molecule has 1 nitrogen and oxygen atoms in total. The summed E-state index contributed by atoms with van der Waals surface area (Å²) in [5.74, 6) is 0.731. The molecule has 0 aromatic rings. The van der Waals surface area contributed by atoms with Crippen LogP contribution in [-0.2, 0) is 4.74 Å². The van der Waals surface area contributed by atoms with Crippen molar-refractivity contribution in [3.63, 3.8) is 0 Å². The zero-order valence-electron chi connectivity index (χ0n) is 10.6. The lowest BCUT2D eigenvalue weighted by Gasteiger charge is -2.52. The minimum Gasteiger partial charge on any atom is -0.378 e. The van der Waals surface area contributed by atoms with Crippen LogP contribution in [0.1, 0.15) is 53.4 Å². The third-order valence-electron chi connectivity index (χ3n) is 4.02. The van der Waals surface area contributed by atoms with E-state index in [1.807, 2.05) is 0 Å². The summed E-state index contributed by atoms with van der Waals surface area (Å²) in [7, 11) is 0. The highest BCUT2D eigenvalue weighted by atomic mass is 35.5. The van der Waals surface area contributed by atoms with Crippen LogP contribution in [0.3, 0.4) is 0 Å². The first-order valence-electron chi connectivity index (χ1n) is 6.32. The standard InChI is InChI=1S/C13H25ClO/c1-5-13(6-2)11(14)9-12(13)15-8-7-10(3)4/h10-12H,5-9H2,1-4H3. The molecule has 0 amide bonds. The Kier molecular flexibility index (Phi) is 4.92. The highest BCUT2D eigenvalue weighted by Gasteiger charge is 2.52. The lowest BCUT2D eigenvalue weighted by atomic mass is 9.62. The van der Waals surface area contributed by atoms with E-state index in [2.05, 4.69) is 27.7 Å². The SMILES string of the molecule is CCC1(CC)C(Cl)CC1OCCC(C)C. The molecular weight excluding hydrogens is 208 g/mol. The zero-order chi connectivity index (χ0) is 11.5. The fourth-order valence-corrected chi connectivity index (χ4v) is 3.14. The van der Waals surface area contributed by atoms with Gasteiger partial charge in [-0.25, -0.2) is 0 Å². The summed E-state index contributed by atoms with van der Waals surface area (Å²) in [6.07, 6.45) is 4.90. The van der Waals surface area contributed by atoms with Gasteiger partial charge in [0, 0.05) is 17.4 Å². The molecule has 1 aliphatic rings. The smallest absolute Gasteiger partial charge is 0.0659 e. The van der Waals surface area contributed by atoms with Crippen molar-refractivity contribution in [1.82, 2.24) is 0 Å². The van der Waals surface area contributed by atoms with Crippen molar-refractivity contribution >= 4 is 11.6 Å². The molecule has 1 rings (SSSR count). The van der Waals surface area contributed by atoms with Gasteiger partial charge in [0.2, 0.25) is 0 Å². The Morgan fingerprint density at radius 1 is 1.33 bits per heavy atom. The van der Waals surface area contributed by atoms with Crippen LogP contribution in [0.25, 0.3) is 0 Å². The van der Waals surface area contributed by atoms with Gasteiger partial charge >= 0.3 is 0 Å². The Bertz CT molecular complexity index is 187. The van der Waals surface area contributed by atoms with Gasteiger partial charge in [-0.2, -0.15) is 0 Å². The molecule has 0 aliphatic heterocycles. The minimum atomic E-state index is 0.262. The molecule has 90 valence electrons. The maximum absolute atomic E-state index is 6.33. The second-order valence-corrected chi connectivity index (χ2v) is 5.71. The maximum Gasteiger partial charge on any atom is 0.0659 e. The Hall–Kier alpha value is 0.250. The normalized spacial score (nSPS) is 29.2. The van der Waals surface area contributed by atoms with E-state index >= 15 is 0 Å². The minimum absolute atomic E-state index is 0.262. The van der Waals surface area contributed by atoms with Crippen molar-refractivity contribution in [3.8, 4) is 0 Å². The summed E-state index contributed by atoms with van der Waals surface area (Å²) in [5, 5.41) is 0.330. The predicted molar refractivity (Wildman–Crippen MR) is 66.5 cm³/mol. The fourth-order valence-electron chi connectivity index (χ4n) is 2.53. The van der Waals surface area contributed by atoms with Crippen molar-refractivity contribution in [1.29, 1.82) is 0 Å². The van der Waals surface area contributed by atoms with Gasteiger partial charge in [0.15, 0.2) is 0 Å². The lowest BCUT2D eigenvalue weighted by Crippen LogP contribution is -2.55. The summed E-state index contributed by atoms with van der Waals surface area (Å²) >= 11 is 6.33. The van der Waals surface area contributed by atoms with Crippen LogP contribution in [0.4, 0.5) is 0 Å². The number of hydrogen-bond acceptors (Lipinski definition) is 1. The molecule has 0 heterocycles. The number of alkyl halides is 1. The summed E-state index contributed by atoms with van der Waals surface area (Å²) in [6, 6.07) is 0. The number of rotatable bonds is 6. The van der Waals surface area contributed by atoms with Crippen LogP contribution in [0.15, 0.2) is 0 Å². The molecule has 0 radical (unpaired) electrons. The first kappa shape index (κ1) is 13.3. The molecule has 2 unspecified atom stereocenters. The van der Waals surface area contributed by atoms with Crippen LogP contribution in [0, 0.1) is 11.3 Å². The quantitative estimate of drug-likeness (QED) is 0.623. The molecule has 2 heteroatoms. The first-order chi connectivity index (χ1) is 7.06. The summed E-state index contributed by atoms with van der Waals surface area (Å²) in [4.78, 5) is 0. The fraction of sp³-hybridized carbons (Fsp3) is 1.00. The number of halogens is 1. The molecule has 1 aliphatic carbocycles. The Morgan fingerprint density at radius 3 is 2.33 bits per heavy atom. The van der Waals surface area contributed by atoms with E-state index < -0.39 is 0 Å². The molecule has 0 N–H and O–H groups in total. The summed E-state index contributed by atoms with van der Waals surface area (Å²) in [5.41, 5.74) is 0.262.